The highest BCUT2D eigenvalue weighted by molar-refractivity contribution is 5.84. The quantitative estimate of drug-likeness (QED) is 0.723. The van der Waals surface area contributed by atoms with E-state index in [0.717, 1.165) is 11.3 Å². The third kappa shape index (κ3) is 4.22. The van der Waals surface area contributed by atoms with Gasteiger partial charge >= 0.3 is 0 Å². The van der Waals surface area contributed by atoms with Crippen molar-refractivity contribution in [3.8, 4) is 5.75 Å². The number of benzene rings is 2. The average molecular weight is 286 g/mol. The summed E-state index contributed by atoms with van der Waals surface area (Å²) in [7, 11) is 0. The molecule has 0 bridgehead atoms. The Bertz CT molecular complexity index is 570. The summed E-state index contributed by atoms with van der Waals surface area (Å²) in [5.41, 5.74) is 7.03. The average Bonchev–Trinajstić information content (AvgIpc) is 2.52. The number of hydrogen-bond donors (Lipinski definition) is 3. The minimum Gasteiger partial charge on any atom is -0.491 e. The summed E-state index contributed by atoms with van der Waals surface area (Å²) in [4.78, 5) is 11.6. The molecule has 0 fully saturated rings. The number of anilines is 1. The molecule has 2 aromatic carbocycles. The van der Waals surface area contributed by atoms with Crippen LogP contribution in [0.4, 0.5) is 5.69 Å². The van der Waals surface area contributed by atoms with Gasteiger partial charge in [0.1, 0.15) is 18.4 Å². The van der Waals surface area contributed by atoms with Gasteiger partial charge in [0.2, 0.25) is 5.91 Å². The van der Waals surface area contributed by atoms with Crippen LogP contribution in [-0.2, 0) is 4.79 Å². The lowest BCUT2D eigenvalue weighted by molar-refractivity contribution is -0.118. The molecule has 0 heterocycles. The van der Waals surface area contributed by atoms with Crippen molar-refractivity contribution in [2.75, 3.05) is 18.5 Å². The largest absolute Gasteiger partial charge is 0.491 e. The monoisotopic (exact) mass is 286 g/mol. The predicted molar refractivity (Wildman–Crippen MR) is 81.0 cm³/mol. The molecule has 0 radical (unpaired) electrons. The molecule has 2 aromatic rings. The molecule has 1 amide bonds. The van der Waals surface area contributed by atoms with E-state index in [2.05, 4.69) is 5.32 Å². The van der Waals surface area contributed by atoms with Gasteiger partial charge in [-0.1, -0.05) is 30.3 Å². The summed E-state index contributed by atoms with van der Waals surface area (Å²) < 4.78 is 5.28. The van der Waals surface area contributed by atoms with Crippen LogP contribution in [0.25, 0.3) is 0 Å². The van der Waals surface area contributed by atoms with Crippen molar-refractivity contribution in [2.45, 2.75) is 6.04 Å². The van der Waals surface area contributed by atoms with Crippen LogP contribution in [0.3, 0.4) is 0 Å². The number of primary amides is 1. The highest BCUT2D eigenvalue weighted by Crippen LogP contribution is 2.21. The molecule has 0 aliphatic carbocycles. The number of carbonyl (C=O) groups is 1. The maximum Gasteiger partial charge on any atom is 0.244 e. The molecule has 4 N–H and O–H groups in total. The molecule has 0 aromatic heterocycles. The molecule has 0 saturated carbocycles. The SMILES string of the molecule is NC(=O)C(Nc1ccc(OCCO)cc1)c1ccccc1. The topological polar surface area (TPSA) is 84.6 Å². The number of rotatable bonds is 7. The Morgan fingerprint density at radius 1 is 1.14 bits per heavy atom. The molecule has 1 unspecified atom stereocenters. The number of aliphatic hydroxyl groups is 1. The molecule has 0 saturated heterocycles. The highest BCUT2D eigenvalue weighted by Gasteiger charge is 2.16. The number of ether oxygens (including phenoxy) is 1. The smallest absolute Gasteiger partial charge is 0.244 e. The standard InChI is InChI=1S/C16H18N2O3/c17-16(20)15(12-4-2-1-3-5-12)18-13-6-8-14(9-7-13)21-11-10-19/h1-9,15,18-19H,10-11H2,(H2,17,20). The Balaban J connectivity index is 2.09. The number of nitrogens with one attached hydrogen (secondary N) is 1. The summed E-state index contributed by atoms with van der Waals surface area (Å²) >= 11 is 0. The van der Waals surface area contributed by atoms with Gasteiger partial charge in [-0.05, 0) is 29.8 Å². The minimum atomic E-state index is -0.588. The van der Waals surface area contributed by atoms with E-state index in [1.54, 1.807) is 24.3 Å². The van der Waals surface area contributed by atoms with Crippen molar-refractivity contribution >= 4 is 11.6 Å². The van der Waals surface area contributed by atoms with E-state index >= 15 is 0 Å². The van der Waals surface area contributed by atoms with Crippen LogP contribution in [0.5, 0.6) is 5.75 Å². The van der Waals surface area contributed by atoms with E-state index < -0.39 is 11.9 Å². The molecule has 21 heavy (non-hydrogen) atoms. The first-order valence-electron chi connectivity index (χ1n) is 6.65. The zero-order valence-electron chi connectivity index (χ0n) is 11.5. The van der Waals surface area contributed by atoms with E-state index in [4.69, 9.17) is 15.6 Å². The lowest BCUT2D eigenvalue weighted by Gasteiger charge is -2.17. The van der Waals surface area contributed by atoms with Gasteiger partial charge in [0, 0.05) is 5.69 Å². The van der Waals surface area contributed by atoms with Crippen LogP contribution in [0.15, 0.2) is 54.6 Å². The van der Waals surface area contributed by atoms with Gasteiger partial charge < -0.3 is 20.9 Å². The maximum absolute atomic E-state index is 11.6. The summed E-state index contributed by atoms with van der Waals surface area (Å²) in [5, 5.41) is 11.8. The molecule has 110 valence electrons. The van der Waals surface area contributed by atoms with Gasteiger partial charge in [0.15, 0.2) is 0 Å². The van der Waals surface area contributed by atoms with E-state index in [1.165, 1.54) is 0 Å². The molecular weight excluding hydrogens is 268 g/mol. The molecular formula is C16H18N2O3. The van der Waals surface area contributed by atoms with Gasteiger partial charge in [0.25, 0.3) is 0 Å². The fraction of sp³-hybridized carbons (Fsp3) is 0.188. The first kappa shape index (κ1) is 14.9. The van der Waals surface area contributed by atoms with Gasteiger partial charge in [-0.2, -0.15) is 0 Å². The summed E-state index contributed by atoms with van der Waals surface area (Å²) in [6, 6.07) is 15.8. The van der Waals surface area contributed by atoms with Gasteiger partial charge in [-0.15, -0.1) is 0 Å². The fourth-order valence-corrected chi connectivity index (χ4v) is 1.94. The highest BCUT2D eigenvalue weighted by atomic mass is 16.5. The molecule has 2 rings (SSSR count). The third-order valence-corrected chi connectivity index (χ3v) is 2.94. The number of hydrogen-bond acceptors (Lipinski definition) is 4. The Kier molecular flexibility index (Phi) is 5.17. The number of amides is 1. The lowest BCUT2D eigenvalue weighted by Crippen LogP contribution is -2.27. The van der Waals surface area contributed by atoms with Crippen LogP contribution in [0.2, 0.25) is 0 Å². The van der Waals surface area contributed by atoms with E-state index in [-0.39, 0.29) is 13.2 Å². The summed E-state index contributed by atoms with van der Waals surface area (Å²) in [6.45, 7) is 0.221. The molecule has 1 atom stereocenters. The van der Waals surface area contributed by atoms with Gasteiger partial charge in [-0.3, -0.25) is 4.79 Å². The fourth-order valence-electron chi connectivity index (χ4n) is 1.94. The van der Waals surface area contributed by atoms with Gasteiger partial charge in [0.05, 0.1) is 6.61 Å². The van der Waals surface area contributed by atoms with Crippen molar-refractivity contribution in [3.05, 3.63) is 60.2 Å². The maximum atomic E-state index is 11.6. The van der Waals surface area contributed by atoms with E-state index in [0.29, 0.717) is 5.75 Å². The van der Waals surface area contributed by atoms with Crippen molar-refractivity contribution in [2.24, 2.45) is 5.73 Å². The molecule has 5 heteroatoms. The zero-order valence-corrected chi connectivity index (χ0v) is 11.5. The zero-order chi connectivity index (χ0) is 15.1. The molecule has 0 aliphatic rings. The van der Waals surface area contributed by atoms with Crippen LogP contribution in [-0.4, -0.2) is 24.2 Å². The van der Waals surface area contributed by atoms with Crippen LogP contribution in [0, 0.1) is 0 Å². The van der Waals surface area contributed by atoms with E-state index in [1.807, 2.05) is 30.3 Å². The number of aliphatic hydroxyl groups excluding tert-OH is 1. The first-order chi connectivity index (χ1) is 10.2. The Labute approximate surface area is 123 Å². The predicted octanol–water partition coefficient (Wildman–Crippen LogP) is 1.70. The summed E-state index contributed by atoms with van der Waals surface area (Å²) in [6.07, 6.45) is 0. The van der Waals surface area contributed by atoms with Crippen LogP contribution in [0.1, 0.15) is 11.6 Å². The number of carbonyl (C=O) groups excluding carboxylic acids is 1. The number of nitrogens with two attached hydrogens (primary N) is 1. The van der Waals surface area contributed by atoms with Crippen LogP contribution >= 0.6 is 0 Å². The Morgan fingerprint density at radius 2 is 1.81 bits per heavy atom. The summed E-state index contributed by atoms with van der Waals surface area (Å²) in [5.74, 6) is 0.215. The molecule has 0 spiro atoms. The normalized spacial score (nSPS) is 11.7. The Morgan fingerprint density at radius 3 is 2.38 bits per heavy atom. The second-order valence-electron chi connectivity index (χ2n) is 4.49. The third-order valence-electron chi connectivity index (χ3n) is 2.94. The Hall–Kier alpha value is -2.53. The van der Waals surface area contributed by atoms with Crippen molar-refractivity contribution in [1.82, 2.24) is 0 Å². The second kappa shape index (κ2) is 7.31. The minimum absolute atomic E-state index is 0.0300. The van der Waals surface area contributed by atoms with Crippen molar-refractivity contribution in [1.29, 1.82) is 0 Å². The first-order valence-corrected chi connectivity index (χ1v) is 6.65. The van der Waals surface area contributed by atoms with E-state index in [9.17, 15) is 4.79 Å². The molecule has 5 nitrogen and oxygen atoms in total. The van der Waals surface area contributed by atoms with Gasteiger partial charge in [-0.25, -0.2) is 0 Å². The van der Waals surface area contributed by atoms with Crippen molar-refractivity contribution < 1.29 is 14.6 Å². The van der Waals surface area contributed by atoms with Crippen LogP contribution < -0.4 is 15.8 Å². The molecule has 0 aliphatic heterocycles. The lowest BCUT2D eigenvalue weighted by atomic mass is 10.1. The second-order valence-corrected chi connectivity index (χ2v) is 4.49. The van der Waals surface area contributed by atoms with Crippen molar-refractivity contribution in [3.63, 3.8) is 0 Å².